The van der Waals surface area contributed by atoms with Gasteiger partial charge in [-0.3, -0.25) is 4.99 Å². The van der Waals surface area contributed by atoms with Crippen molar-refractivity contribution in [1.82, 2.24) is 15.6 Å². The maximum atomic E-state index is 5.32. The summed E-state index contributed by atoms with van der Waals surface area (Å²) in [4.78, 5) is 8.89. The Morgan fingerprint density at radius 2 is 1.96 bits per heavy atom. The average Bonchev–Trinajstić information content (AvgIpc) is 3.03. The van der Waals surface area contributed by atoms with Crippen molar-refractivity contribution in [2.45, 2.75) is 39.8 Å². The normalized spacial score (nSPS) is 11.2. The molecule has 1 aromatic carbocycles. The van der Waals surface area contributed by atoms with Crippen LogP contribution in [0.1, 0.15) is 41.6 Å². The molecule has 0 aliphatic carbocycles. The molecule has 25 heavy (non-hydrogen) atoms. The first-order valence-electron chi connectivity index (χ1n) is 8.05. The summed E-state index contributed by atoms with van der Waals surface area (Å²) in [5.41, 5.74) is 3.48. The van der Waals surface area contributed by atoms with Crippen molar-refractivity contribution in [3.8, 4) is 5.75 Å². The van der Waals surface area contributed by atoms with Crippen LogP contribution in [0.2, 0.25) is 0 Å². The van der Waals surface area contributed by atoms with Gasteiger partial charge in [0.2, 0.25) is 0 Å². The second-order valence-electron chi connectivity index (χ2n) is 5.96. The molecule has 0 bridgehead atoms. The van der Waals surface area contributed by atoms with E-state index in [1.807, 2.05) is 12.1 Å². The van der Waals surface area contributed by atoms with E-state index in [0.29, 0.717) is 19.0 Å². The molecule has 1 heterocycles. The van der Waals surface area contributed by atoms with Crippen molar-refractivity contribution in [2.75, 3.05) is 14.2 Å². The highest BCUT2D eigenvalue weighted by molar-refractivity contribution is 14.0. The number of thiazole rings is 1. The van der Waals surface area contributed by atoms with Crippen LogP contribution in [0.5, 0.6) is 5.75 Å². The Morgan fingerprint density at radius 1 is 1.24 bits per heavy atom. The van der Waals surface area contributed by atoms with Crippen molar-refractivity contribution in [3.63, 3.8) is 0 Å². The van der Waals surface area contributed by atoms with Gasteiger partial charge < -0.3 is 15.4 Å². The Hall–Kier alpha value is -1.35. The Morgan fingerprint density at radius 3 is 2.56 bits per heavy atom. The van der Waals surface area contributed by atoms with Gasteiger partial charge in [-0.1, -0.05) is 19.9 Å². The van der Waals surface area contributed by atoms with Gasteiger partial charge in [0.25, 0.3) is 0 Å². The predicted octanol–water partition coefficient (Wildman–Crippen LogP) is 4.07. The van der Waals surface area contributed by atoms with Gasteiger partial charge in [0.05, 0.1) is 19.3 Å². The second-order valence-corrected chi connectivity index (χ2v) is 6.90. The molecule has 0 radical (unpaired) electrons. The van der Waals surface area contributed by atoms with Crippen LogP contribution in [0.3, 0.4) is 0 Å². The summed E-state index contributed by atoms with van der Waals surface area (Å²) in [6, 6.07) is 6.19. The molecular weight excluding hydrogens is 447 g/mol. The lowest BCUT2D eigenvalue weighted by Gasteiger charge is -2.12. The van der Waals surface area contributed by atoms with Crippen molar-refractivity contribution >= 4 is 41.3 Å². The lowest BCUT2D eigenvalue weighted by molar-refractivity contribution is 0.414. The van der Waals surface area contributed by atoms with Crippen molar-refractivity contribution in [1.29, 1.82) is 0 Å². The summed E-state index contributed by atoms with van der Waals surface area (Å²) in [6.45, 7) is 7.74. The average molecular weight is 474 g/mol. The topological polar surface area (TPSA) is 58.5 Å². The molecule has 2 N–H and O–H groups in total. The highest BCUT2D eigenvalue weighted by Crippen LogP contribution is 2.18. The minimum absolute atomic E-state index is 0. The molecule has 0 aliphatic heterocycles. The molecular formula is C18H27IN4OS. The first kappa shape index (κ1) is 21.7. The molecule has 0 amide bonds. The van der Waals surface area contributed by atoms with E-state index in [0.717, 1.165) is 28.0 Å². The predicted molar refractivity (Wildman–Crippen MR) is 116 cm³/mol. The van der Waals surface area contributed by atoms with Crippen molar-refractivity contribution in [2.24, 2.45) is 4.99 Å². The van der Waals surface area contributed by atoms with Crippen molar-refractivity contribution < 1.29 is 4.74 Å². The third-order valence-corrected chi connectivity index (χ3v) is 4.47. The van der Waals surface area contributed by atoms with Crippen molar-refractivity contribution in [3.05, 3.63) is 45.4 Å². The number of hydrogen-bond acceptors (Lipinski definition) is 4. The number of nitrogens with zero attached hydrogens (tertiary/aromatic N) is 2. The third kappa shape index (κ3) is 6.81. The van der Waals surface area contributed by atoms with Crippen LogP contribution < -0.4 is 15.4 Å². The lowest BCUT2D eigenvalue weighted by Crippen LogP contribution is -2.36. The number of guanidine groups is 1. The third-order valence-electron chi connectivity index (χ3n) is 3.60. The number of aromatic nitrogens is 1. The molecule has 1 aromatic heterocycles. The van der Waals surface area contributed by atoms with Gasteiger partial charge in [0.1, 0.15) is 10.8 Å². The Balaban J connectivity index is 0.00000312. The molecule has 2 aromatic rings. The summed E-state index contributed by atoms with van der Waals surface area (Å²) >= 11 is 1.68. The van der Waals surface area contributed by atoms with Gasteiger partial charge in [-0.15, -0.1) is 35.3 Å². The fourth-order valence-corrected chi connectivity index (χ4v) is 3.18. The van der Waals surface area contributed by atoms with E-state index in [-0.39, 0.29) is 24.0 Å². The SMILES string of the molecule is CN=C(NCc1cc(C)cc(OC)c1)NCc1nc(C(C)C)cs1.I. The maximum absolute atomic E-state index is 5.32. The molecule has 0 aliphatic rings. The number of ether oxygens (including phenoxy) is 1. The molecule has 0 saturated heterocycles. The molecule has 0 saturated carbocycles. The first-order valence-corrected chi connectivity index (χ1v) is 8.93. The summed E-state index contributed by atoms with van der Waals surface area (Å²) < 4.78 is 5.32. The van der Waals surface area contributed by atoms with E-state index >= 15 is 0 Å². The number of methoxy groups -OCH3 is 1. The Kier molecular flexibility index (Phi) is 9.20. The van der Waals surface area contributed by atoms with E-state index in [9.17, 15) is 0 Å². The van der Waals surface area contributed by atoms with E-state index in [1.54, 1.807) is 25.5 Å². The Bertz CT molecular complexity index is 700. The molecule has 0 spiro atoms. The van der Waals surface area contributed by atoms with Crippen LogP contribution >= 0.6 is 35.3 Å². The van der Waals surface area contributed by atoms with Crippen LogP contribution in [-0.2, 0) is 13.1 Å². The summed E-state index contributed by atoms with van der Waals surface area (Å²) in [6.07, 6.45) is 0. The van der Waals surface area contributed by atoms with Gasteiger partial charge in [-0.2, -0.15) is 0 Å². The molecule has 5 nitrogen and oxygen atoms in total. The number of nitrogens with one attached hydrogen (secondary N) is 2. The molecule has 0 fully saturated rings. The largest absolute Gasteiger partial charge is 0.497 e. The lowest BCUT2D eigenvalue weighted by atomic mass is 10.1. The standard InChI is InChI=1S/C18H26N4OS.HI/c1-12(2)16-11-24-17(22-16)10-21-18(19-4)20-9-14-6-13(3)7-15(8-14)23-5;/h6-8,11-12H,9-10H2,1-5H3,(H2,19,20,21);1H. The highest BCUT2D eigenvalue weighted by Gasteiger charge is 2.06. The van der Waals surface area contributed by atoms with Crippen LogP contribution in [0, 0.1) is 6.92 Å². The zero-order valence-corrected chi connectivity index (χ0v) is 18.6. The van der Waals surface area contributed by atoms with Crippen LogP contribution in [0.25, 0.3) is 0 Å². The number of halogens is 1. The quantitative estimate of drug-likeness (QED) is 0.377. The fraction of sp³-hybridized carbons (Fsp3) is 0.444. The minimum atomic E-state index is 0. The van der Waals surface area contributed by atoms with Crippen LogP contribution in [-0.4, -0.2) is 25.1 Å². The zero-order chi connectivity index (χ0) is 17.5. The summed E-state index contributed by atoms with van der Waals surface area (Å²) in [5, 5.41) is 9.82. The number of hydrogen-bond donors (Lipinski definition) is 2. The van der Waals surface area contributed by atoms with Gasteiger partial charge >= 0.3 is 0 Å². The zero-order valence-electron chi connectivity index (χ0n) is 15.4. The van der Waals surface area contributed by atoms with Crippen LogP contribution in [0.15, 0.2) is 28.6 Å². The molecule has 138 valence electrons. The number of benzene rings is 1. The number of aliphatic imine (C=N–C) groups is 1. The fourth-order valence-electron chi connectivity index (χ4n) is 2.28. The number of aryl methyl sites for hydroxylation is 1. The van der Waals surface area contributed by atoms with E-state index in [2.05, 4.69) is 52.8 Å². The van der Waals surface area contributed by atoms with E-state index in [4.69, 9.17) is 4.74 Å². The highest BCUT2D eigenvalue weighted by atomic mass is 127. The van der Waals surface area contributed by atoms with Gasteiger partial charge in [-0.25, -0.2) is 4.98 Å². The molecule has 0 unspecified atom stereocenters. The van der Waals surface area contributed by atoms with Gasteiger partial charge in [-0.05, 0) is 36.1 Å². The number of rotatable bonds is 6. The van der Waals surface area contributed by atoms with Crippen LogP contribution in [0.4, 0.5) is 0 Å². The Labute approximate surface area is 171 Å². The second kappa shape index (κ2) is 10.6. The van der Waals surface area contributed by atoms with E-state index in [1.165, 1.54) is 5.56 Å². The maximum Gasteiger partial charge on any atom is 0.191 e. The molecule has 2 rings (SSSR count). The summed E-state index contributed by atoms with van der Waals surface area (Å²) in [7, 11) is 3.46. The summed E-state index contributed by atoms with van der Waals surface area (Å²) in [5.74, 6) is 2.10. The molecule has 7 heteroatoms. The first-order chi connectivity index (χ1) is 11.5. The minimum Gasteiger partial charge on any atom is -0.497 e. The monoisotopic (exact) mass is 474 g/mol. The molecule has 0 atom stereocenters. The van der Waals surface area contributed by atoms with E-state index < -0.39 is 0 Å². The van der Waals surface area contributed by atoms with Gasteiger partial charge in [0.15, 0.2) is 5.96 Å². The van der Waals surface area contributed by atoms with Gasteiger partial charge in [0, 0.05) is 19.0 Å². The smallest absolute Gasteiger partial charge is 0.191 e.